The third-order valence-electron chi connectivity index (χ3n) is 4.41. The maximum Gasteiger partial charge on any atom is 0.136 e. The summed E-state index contributed by atoms with van der Waals surface area (Å²) in [6.45, 7) is 6.91. The van der Waals surface area contributed by atoms with Gasteiger partial charge < -0.3 is 15.3 Å². The first-order chi connectivity index (χ1) is 10.7. The molecule has 0 bridgehead atoms. The zero-order valence-electron chi connectivity index (χ0n) is 13.3. The van der Waals surface area contributed by atoms with Crippen molar-refractivity contribution in [1.29, 1.82) is 0 Å². The van der Waals surface area contributed by atoms with Gasteiger partial charge in [0.1, 0.15) is 5.82 Å². The summed E-state index contributed by atoms with van der Waals surface area (Å²) < 4.78 is 0. The number of anilines is 2. The second-order valence-corrected chi connectivity index (χ2v) is 5.74. The lowest BCUT2D eigenvalue weighted by molar-refractivity contribution is 0.188. The Morgan fingerprint density at radius 1 is 1.14 bits per heavy atom. The highest BCUT2D eigenvalue weighted by molar-refractivity contribution is 6.01. The molecular formula is C17H24N4O. The van der Waals surface area contributed by atoms with E-state index < -0.39 is 0 Å². The van der Waals surface area contributed by atoms with Crippen LogP contribution in [0.2, 0.25) is 0 Å². The van der Waals surface area contributed by atoms with E-state index in [1.807, 2.05) is 7.05 Å². The first-order valence-corrected chi connectivity index (χ1v) is 7.90. The first kappa shape index (κ1) is 15.1. The molecule has 2 heterocycles. The normalized spacial score (nSPS) is 16.2. The molecule has 22 heavy (non-hydrogen) atoms. The monoisotopic (exact) mass is 300 g/mol. The van der Waals surface area contributed by atoms with Crippen LogP contribution in [0.15, 0.2) is 24.3 Å². The lowest BCUT2D eigenvalue weighted by Crippen LogP contribution is -2.47. The molecule has 2 N–H and O–H groups in total. The number of nitrogens with zero attached hydrogens (tertiary/aromatic N) is 3. The second kappa shape index (κ2) is 6.50. The predicted octanol–water partition coefficient (Wildman–Crippen LogP) is 1.70. The van der Waals surface area contributed by atoms with Crippen LogP contribution in [0.4, 0.5) is 11.5 Å². The maximum absolute atomic E-state index is 9.06. The summed E-state index contributed by atoms with van der Waals surface area (Å²) in [5, 5.41) is 14.8. The Balaban J connectivity index is 1.95. The van der Waals surface area contributed by atoms with Gasteiger partial charge >= 0.3 is 0 Å². The van der Waals surface area contributed by atoms with E-state index in [-0.39, 0.29) is 6.61 Å². The molecule has 0 saturated carbocycles. The van der Waals surface area contributed by atoms with Gasteiger partial charge in [-0.3, -0.25) is 4.90 Å². The number of pyridine rings is 1. The lowest BCUT2D eigenvalue weighted by atomic mass is 10.1. The fourth-order valence-corrected chi connectivity index (χ4v) is 3.25. The van der Waals surface area contributed by atoms with Gasteiger partial charge in [-0.1, -0.05) is 24.3 Å². The van der Waals surface area contributed by atoms with E-state index in [0.717, 1.165) is 49.9 Å². The molecule has 0 amide bonds. The summed E-state index contributed by atoms with van der Waals surface area (Å²) >= 11 is 0. The zero-order chi connectivity index (χ0) is 15.5. The van der Waals surface area contributed by atoms with Gasteiger partial charge in [0.05, 0.1) is 18.0 Å². The van der Waals surface area contributed by atoms with E-state index in [9.17, 15) is 0 Å². The van der Waals surface area contributed by atoms with Crippen LogP contribution < -0.4 is 10.2 Å². The number of fused-ring (bicyclic) bond motifs is 1. The number of aliphatic hydroxyl groups is 1. The summed E-state index contributed by atoms with van der Waals surface area (Å²) in [5.74, 6) is 1.08. The molecule has 1 aliphatic heterocycles. The average molecular weight is 300 g/mol. The van der Waals surface area contributed by atoms with E-state index in [2.05, 4.69) is 46.3 Å². The molecule has 0 unspecified atom stereocenters. The van der Waals surface area contributed by atoms with Crippen molar-refractivity contribution in [1.82, 2.24) is 9.88 Å². The van der Waals surface area contributed by atoms with Gasteiger partial charge in [0, 0.05) is 50.5 Å². The Bertz CT molecular complexity index is 650. The number of β-amino-alcohol motifs (C(OH)–C–C–N with tert-alkyl or cyclic N) is 1. The number of piperazine rings is 1. The molecule has 0 spiro atoms. The van der Waals surface area contributed by atoms with E-state index in [1.165, 1.54) is 10.8 Å². The van der Waals surface area contributed by atoms with Crippen LogP contribution in [-0.4, -0.2) is 61.4 Å². The Morgan fingerprint density at radius 2 is 1.82 bits per heavy atom. The Kier molecular flexibility index (Phi) is 4.45. The van der Waals surface area contributed by atoms with Crippen LogP contribution in [0.3, 0.4) is 0 Å². The van der Waals surface area contributed by atoms with Crippen LogP contribution in [0.25, 0.3) is 10.8 Å². The van der Waals surface area contributed by atoms with Gasteiger partial charge in [-0.15, -0.1) is 0 Å². The number of benzene rings is 1. The van der Waals surface area contributed by atoms with Crippen molar-refractivity contribution in [2.24, 2.45) is 0 Å². The van der Waals surface area contributed by atoms with E-state index in [1.54, 1.807) is 0 Å². The molecule has 1 aliphatic rings. The largest absolute Gasteiger partial charge is 0.395 e. The third-order valence-corrected chi connectivity index (χ3v) is 4.41. The minimum atomic E-state index is 0.233. The van der Waals surface area contributed by atoms with Crippen LogP contribution in [0.1, 0.15) is 5.69 Å². The van der Waals surface area contributed by atoms with Crippen molar-refractivity contribution in [2.75, 3.05) is 56.6 Å². The molecule has 0 aliphatic carbocycles. The van der Waals surface area contributed by atoms with Crippen molar-refractivity contribution in [3.8, 4) is 0 Å². The SMILES string of the molecule is CNc1c(C)nc(N2CCN(CCO)CC2)c2ccccc12. The highest BCUT2D eigenvalue weighted by atomic mass is 16.3. The Labute approximate surface area is 131 Å². The van der Waals surface area contributed by atoms with Crippen LogP contribution in [-0.2, 0) is 0 Å². The van der Waals surface area contributed by atoms with Crippen molar-refractivity contribution in [3.05, 3.63) is 30.0 Å². The van der Waals surface area contributed by atoms with Crippen LogP contribution >= 0.6 is 0 Å². The van der Waals surface area contributed by atoms with Crippen molar-refractivity contribution in [3.63, 3.8) is 0 Å². The summed E-state index contributed by atoms with van der Waals surface area (Å²) in [7, 11) is 1.95. The first-order valence-electron chi connectivity index (χ1n) is 7.90. The molecule has 1 fully saturated rings. The van der Waals surface area contributed by atoms with Crippen molar-refractivity contribution in [2.45, 2.75) is 6.92 Å². The number of hydrogen-bond acceptors (Lipinski definition) is 5. The summed E-state index contributed by atoms with van der Waals surface area (Å²) in [6, 6.07) is 8.45. The molecular weight excluding hydrogens is 276 g/mol. The molecule has 118 valence electrons. The second-order valence-electron chi connectivity index (χ2n) is 5.74. The lowest BCUT2D eigenvalue weighted by Gasteiger charge is -2.36. The third kappa shape index (κ3) is 2.74. The highest BCUT2D eigenvalue weighted by Crippen LogP contribution is 2.32. The van der Waals surface area contributed by atoms with Crippen LogP contribution in [0, 0.1) is 6.92 Å². The number of aliphatic hydroxyl groups excluding tert-OH is 1. The molecule has 5 heteroatoms. The number of aryl methyl sites for hydroxylation is 1. The van der Waals surface area contributed by atoms with Gasteiger partial charge in [0.25, 0.3) is 0 Å². The highest BCUT2D eigenvalue weighted by Gasteiger charge is 2.20. The summed E-state index contributed by atoms with van der Waals surface area (Å²) in [6.07, 6.45) is 0. The Morgan fingerprint density at radius 3 is 2.45 bits per heavy atom. The molecule has 0 radical (unpaired) electrons. The van der Waals surface area contributed by atoms with Gasteiger partial charge in [-0.25, -0.2) is 4.98 Å². The summed E-state index contributed by atoms with van der Waals surface area (Å²) in [5.41, 5.74) is 2.15. The molecule has 5 nitrogen and oxygen atoms in total. The van der Waals surface area contributed by atoms with E-state index in [4.69, 9.17) is 10.1 Å². The fraction of sp³-hybridized carbons (Fsp3) is 0.471. The predicted molar refractivity (Wildman–Crippen MR) is 91.8 cm³/mol. The fourth-order valence-electron chi connectivity index (χ4n) is 3.25. The van der Waals surface area contributed by atoms with Crippen molar-refractivity contribution >= 4 is 22.3 Å². The van der Waals surface area contributed by atoms with Crippen LogP contribution in [0.5, 0.6) is 0 Å². The number of nitrogens with one attached hydrogen (secondary N) is 1. The molecule has 1 aromatic heterocycles. The smallest absolute Gasteiger partial charge is 0.136 e. The number of aromatic nitrogens is 1. The summed E-state index contributed by atoms with van der Waals surface area (Å²) in [4.78, 5) is 9.53. The van der Waals surface area contributed by atoms with Gasteiger partial charge in [0.15, 0.2) is 0 Å². The Hall–Kier alpha value is -1.85. The molecule has 3 rings (SSSR count). The maximum atomic E-state index is 9.06. The zero-order valence-corrected chi connectivity index (χ0v) is 13.3. The molecule has 2 aromatic rings. The minimum Gasteiger partial charge on any atom is -0.395 e. The quantitative estimate of drug-likeness (QED) is 0.900. The average Bonchev–Trinajstić information content (AvgIpc) is 2.55. The standard InChI is InChI=1S/C17H24N4O/c1-13-16(18-2)14-5-3-4-6-15(14)17(19-13)21-9-7-20(8-10-21)11-12-22/h3-6,18,22H,7-12H2,1-2H3. The number of hydrogen-bond donors (Lipinski definition) is 2. The van der Waals surface area contributed by atoms with Crippen molar-refractivity contribution < 1.29 is 5.11 Å². The molecule has 1 saturated heterocycles. The van der Waals surface area contributed by atoms with E-state index in [0.29, 0.717) is 0 Å². The number of rotatable bonds is 4. The van der Waals surface area contributed by atoms with Gasteiger partial charge in [-0.2, -0.15) is 0 Å². The van der Waals surface area contributed by atoms with Gasteiger partial charge in [-0.05, 0) is 6.92 Å². The minimum absolute atomic E-state index is 0.233. The topological polar surface area (TPSA) is 51.6 Å². The van der Waals surface area contributed by atoms with Gasteiger partial charge in [0.2, 0.25) is 0 Å². The van der Waals surface area contributed by atoms with E-state index >= 15 is 0 Å². The molecule has 0 atom stereocenters. The molecule has 1 aromatic carbocycles.